The van der Waals surface area contributed by atoms with E-state index in [1.807, 2.05) is 6.07 Å². The van der Waals surface area contributed by atoms with Crippen molar-refractivity contribution >= 4 is 20.7 Å². The number of carbonyl (C=O) groups excluding carboxylic acids is 1. The molecule has 0 radical (unpaired) electrons. The topological polar surface area (TPSA) is 17.1 Å². The maximum atomic E-state index is 11.3. The van der Waals surface area contributed by atoms with Crippen LogP contribution in [0.5, 0.6) is 0 Å². The fourth-order valence-electron chi connectivity index (χ4n) is 1.56. The van der Waals surface area contributed by atoms with E-state index in [0.717, 1.165) is 18.2 Å². The molecule has 1 nitrogen and oxygen atoms in total. The second kappa shape index (κ2) is 4.08. The third-order valence-electron chi connectivity index (χ3n) is 2.28. The summed E-state index contributed by atoms with van der Waals surface area (Å²) in [6, 6.07) is 10.4. The van der Waals surface area contributed by atoms with Crippen molar-refractivity contribution in [2.75, 3.05) is 0 Å². The van der Waals surface area contributed by atoms with Gasteiger partial charge in [0.05, 0.1) is 0 Å². The van der Waals surface area contributed by atoms with Gasteiger partial charge in [-0.25, -0.2) is 0 Å². The molecule has 68 valence electrons. The Balaban J connectivity index is 2.13. The van der Waals surface area contributed by atoms with Crippen molar-refractivity contribution < 1.29 is 4.79 Å². The van der Waals surface area contributed by atoms with Crippen molar-refractivity contribution in [1.29, 1.82) is 0 Å². The quantitative estimate of drug-likeness (QED) is 0.687. The third kappa shape index (κ3) is 2.20. The first-order chi connectivity index (χ1) is 6.36. The average molecular weight is 239 g/mol. The molecule has 1 heterocycles. The van der Waals surface area contributed by atoms with Gasteiger partial charge in [0.25, 0.3) is 0 Å². The van der Waals surface area contributed by atoms with Gasteiger partial charge in [-0.2, -0.15) is 0 Å². The van der Waals surface area contributed by atoms with Crippen LogP contribution in [0.2, 0.25) is 5.32 Å². The Morgan fingerprint density at radius 3 is 2.69 bits per heavy atom. The SMILES string of the molecule is O=C1CC[Se]C(c2ccccc2)C1. The molecule has 1 fully saturated rings. The van der Waals surface area contributed by atoms with Crippen LogP contribution in [0.3, 0.4) is 0 Å². The number of rotatable bonds is 1. The van der Waals surface area contributed by atoms with Crippen LogP contribution in [-0.4, -0.2) is 20.7 Å². The van der Waals surface area contributed by atoms with E-state index < -0.39 is 0 Å². The Kier molecular flexibility index (Phi) is 2.82. The van der Waals surface area contributed by atoms with Crippen molar-refractivity contribution in [2.24, 2.45) is 0 Å². The normalized spacial score (nSPS) is 23.1. The molecule has 0 saturated carbocycles. The van der Waals surface area contributed by atoms with Crippen LogP contribution in [0.1, 0.15) is 23.2 Å². The molecule has 0 N–H and O–H groups in total. The van der Waals surface area contributed by atoms with E-state index in [-0.39, 0.29) is 0 Å². The van der Waals surface area contributed by atoms with E-state index >= 15 is 0 Å². The van der Waals surface area contributed by atoms with E-state index in [4.69, 9.17) is 0 Å². The Morgan fingerprint density at radius 2 is 2.00 bits per heavy atom. The first kappa shape index (κ1) is 8.98. The average Bonchev–Trinajstić information content (AvgIpc) is 2.19. The van der Waals surface area contributed by atoms with E-state index in [1.165, 1.54) is 5.56 Å². The number of benzene rings is 1. The van der Waals surface area contributed by atoms with E-state index in [2.05, 4.69) is 24.3 Å². The molecule has 1 aromatic carbocycles. The van der Waals surface area contributed by atoms with Crippen molar-refractivity contribution in [3.63, 3.8) is 0 Å². The zero-order chi connectivity index (χ0) is 9.10. The standard InChI is InChI=1S/C11H12OSe/c12-10-6-7-13-11(8-10)9-4-2-1-3-5-9/h1-5,11H,6-8H2. The first-order valence-electron chi connectivity index (χ1n) is 4.54. The number of ketones is 1. The molecule has 0 amide bonds. The Hall–Kier alpha value is -0.591. The summed E-state index contributed by atoms with van der Waals surface area (Å²) >= 11 is 0.634. The maximum absolute atomic E-state index is 11.3. The van der Waals surface area contributed by atoms with Crippen LogP contribution in [-0.2, 0) is 4.79 Å². The van der Waals surface area contributed by atoms with Gasteiger partial charge in [-0.05, 0) is 0 Å². The number of Topliss-reactive ketones (excluding diaryl/α,β-unsaturated/α-hetero) is 1. The summed E-state index contributed by atoms with van der Waals surface area (Å²) in [6.07, 6.45) is 1.60. The van der Waals surface area contributed by atoms with Crippen LogP contribution in [0.25, 0.3) is 0 Å². The van der Waals surface area contributed by atoms with Crippen molar-refractivity contribution in [3.8, 4) is 0 Å². The number of hydrogen-bond acceptors (Lipinski definition) is 1. The molecule has 1 unspecified atom stereocenters. The van der Waals surface area contributed by atoms with E-state index in [1.54, 1.807) is 0 Å². The van der Waals surface area contributed by atoms with Crippen LogP contribution in [0, 0.1) is 0 Å². The van der Waals surface area contributed by atoms with E-state index in [9.17, 15) is 4.79 Å². The molecule has 13 heavy (non-hydrogen) atoms. The fourth-order valence-corrected chi connectivity index (χ4v) is 4.26. The van der Waals surface area contributed by atoms with Gasteiger partial charge in [0.2, 0.25) is 0 Å². The van der Waals surface area contributed by atoms with Gasteiger partial charge < -0.3 is 0 Å². The molecule has 1 aliphatic rings. The second-order valence-corrected chi connectivity index (χ2v) is 6.01. The molecular weight excluding hydrogens is 227 g/mol. The summed E-state index contributed by atoms with van der Waals surface area (Å²) < 4.78 is 0. The predicted molar refractivity (Wildman–Crippen MR) is 54.0 cm³/mol. The van der Waals surface area contributed by atoms with Crippen molar-refractivity contribution in [3.05, 3.63) is 35.9 Å². The zero-order valence-electron chi connectivity index (χ0n) is 7.40. The fraction of sp³-hybridized carbons (Fsp3) is 0.364. The van der Waals surface area contributed by atoms with Gasteiger partial charge in [-0.3, -0.25) is 0 Å². The molecule has 1 aliphatic heterocycles. The van der Waals surface area contributed by atoms with Crippen LogP contribution in [0.4, 0.5) is 0 Å². The molecule has 2 heteroatoms. The Morgan fingerprint density at radius 1 is 1.23 bits per heavy atom. The summed E-state index contributed by atoms with van der Waals surface area (Å²) in [5.41, 5.74) is 1.36. The predicted octanol–water partition coefficient (Wildman–Crippen LogP) is 2.21. The van der Waals surface area contributed by atoms with Gasteiger partial charge in [-0.15, -0.1) is 0 Å². The minimum atomic E-state index is 0.446. The summed E-state index contributed by atoms with van der Waals surface area (Å²) in [4.78, 5) is 11.8. The molecule has 0 aliphatic carbocycles. The van der Waals surface area contributed by atoms with Gasteiger partial charge in [0.1, 0.15) is 0 Å². The van der Waals surface area contributed by atoms with Gasteiger partial charge in [0.15, 0.2) is 0 Å². The number of carbonyl (C=O) groups is 1. The molecule has 0 bridgehead atoms. The van der Waals surface area contributed by atoms with Crippen molar-refractivity contribution in [2.45, 2.75) is 23.0 Å². The molecule has 1 atom stereocenters. The van der Waals surface area contributed by atoms with Gasteiger partial charge in [0, 0.05) is 0 Å². The van der Waals surface area contributed by atoms with Crippen LogP contribution >= 0.6 is 0 Å². The minimum absolute atomic E-state index is 0.446. The first-order valence-corrected chi connectivity index (χ1v) is 6.74. The summed E-state index contributed by atoms with van der Waals surface area (Å²) in [5, 5.41) is 1.13. The zero-order valence-corrected chi connectivity index (χ0v) is 9.11. The molecule has 1 aromatic rings. The van der Waals surface area contributed by atoms with Crippen LogP contribution in [0.15, 0.2) is 30.3 Å². The Bertz CT molecular complexity index is 294. The summed E-state index contributed by atoms with van der Waals surface area (Å²) in [5.74, 6) is 0.446. The van der Waals surface area contributed by atoms with Gasteiger partial charge in [-0.1, -0.05) is 0 Å². The Labute approximate surface area is 84.7 Å². The third-order valence-corrected chi connectivity index (χ3v) is 4.97. The summed E-state index contributed by atoms with van der Waals surface area (Å²) in [7, 11) is 0. The van der Waals surface area contributed by atoms with E-state index in [0.29, 0.717) is 25.6 Å². The molecule has 0 aromatic heterocycles. The van der Waals surface area contributed by atoms with Crippen molar-refractivity contribution in [1.82, 2.24) is 0 Å². The number of hydrogen-bond donors (Lipinski definition) is 0. The van der Waals surface area contributed by atoms with Gasteiger partial charge >= 0.3 is 84.4 Å². The molecule has 0 spiro atoms. The second-order valence-electron chi connectivity index (χ2n) is 3.26. The molecule has 1 saturated heterocycles. The van der Waals surface area contributed by atoms with Crippen LogP contribution < -0.4 is 0 Å². The summed E-state index contributed by atoms with van der Waals surface area (Å²) in [6.45, 7) is 0. The molecule has 2 rings (SSSR count). The monoisotopic (exact) mass is 240 g/mol. The molecular formula is C11H12OSe.